The predicted octanol–water partition coefficient (Wildman–Crippen LogP) is 14.7. The Labute approximate surface area is 356 Å². The van der Waals surface area contributed by atoms with Crippen LogP contribution in [-0.2, 0) is 0 Å². The van der Waals surface area contributed by atoms with E-state index >= 15 is 0 Å². The van der Waals surface area contributed by atoms with Crippen LogP contribution in [0.1, 0.15) is 0 Å². The van der Waals surface area contributed by atoms with Crippen LogP contribution >= 0.6 is 0 Å². The Hall–Kier alpha value is -8.48. The molecule has 0 aliphatic rings. The standard InChI is InChI=1S/C56H34N4O2/c1-4-15-37(16-5-1)53-58-54(38-17-6-2-7-18-38)60-55(59-53)41-22-14-21-40(33-41)43-32-31-42(44-23-10-11-24-45(43)44)35-27-29-36(30-28-35)47-34-48-51(62-56(57-48)39-19-8-3-9-20-39)52-50(47)46-25-12-13-26-49(46)61-52/h1-34H. The number of hydrogen-bond acceptors (Lipinski definition) is 6. The Balaban J connectivity index is 0.935. The van der Waals surface area contributed by atoms with Crippen molar-refractivity contribution in [2.75, 3.05) is 0 Å². The van der Waals surface area contributed by atoms with Crippen molar-refractivity contribution in [2.24, 2.45) is 0 Å². The lowest BCUT2D eigenvalue weighted by atomic mass is 9.90. The zero-order valence-electron chi connectivity index (χ0n) is 33.2. The first-order chi connectivity index (χ1) is 30.7. The van der Waals surface area contributed by atoms with Crippen molar-refractivity contribution in [2.45, 2.75) is 0 Å². The van der Waals surface area contributed by atoms with Gasteiger partial charge in [-0.25, -0.2) is 19.9 Å². The van der Waals surface area contributed by atoms with E-state index in [2.05, 4.69) is 97.1 Å². The van der Waals surface area contributed by atoms with Crippen molar-refractivity contribution in [3.63, 3.8) is 0 Å². The van der Waals surface area contributed by atoms with Gasteiger partial charge < -0.3 is 8.83 Å². The van der Waals surface area contributed by atoms with Gasteiger partial charge in [-0.15, -0.1) is 0 Å². The second-order valence-corrected chi connectivity index (χ2v) is 15.4. The second kappa shape index (κ2) is 14.7. The highest BCUT2D eigenvalue weighted by molar-refractivity contribution is 6.19. The molecule has 0 aliphatic heterocycles. The average Bonchev–Trinajstić information content (AvgIpc) is 3.97. The number of nitrogens with zero attached hydrogens (tertiary/aromatic N) is 4. The van der Waals surface area contributed by atoms with Gasteiger partial charge in [0, 0.05) is 33.0 Å². The van der Waals surface area contributed by atoms with Crippen LogP contribution in [-0.4, -0.2) is 19.9 Å². The van der Waals surface area contributed by atoms with E-state index in [1.807, 2.05) is 109 Å². The molecule has 0 amide bonds. The topological polar surface area (TPSA) is 77.8 Å². The Kier molecular flexibility index (Phi) is 8.38. The van der Waals surface area contributed by atoms with E-state index in [1.54, 1.807) is 0 Å². The smallest absolute Gasteiger partial charge is 0.227 e. The normalized spacial score (nSPS) is 11.5. The third-order valence-electron chi connectivity index (χ3n) is 11.6. The van der Waals surface area contributed by atoms with Crippen LogP contribution in [0.4, 0.5) is 0 Å². The van der Waals surface area contributed by atoms with Crippen molar-refractivity contribution in [1.82, 2.24) is 19.9 Å². The number of aromatic nitrogens is 4. The molecule has 12 aromatic rings. The summed E-state index contributed by atoms with van der Waals surface area (Å²) in [5.74, 6) is 2.47. The number of fused-ring (bicyclic) bond motifs is 6. The van der Waals surface area contributed by atoms with Gasteiger partial charge in [-0.05, 0) is 74.5 Å². The van der Waals surface area contributed by atoms with Crippen LogP contribution in [0.15, 0.2) is 215 Å². The maximum atomic E-state index is 6.50. The van der Waals surface area contributed by atoms with Crippen LogP contribution in [0.3, 0.4) is 0 Å². The zero-order chi connectivity index (χ0) is 41.0. The molecule has 6 nitrogen and oxygen atoms in total. The largest absolute Gasteiger partial charge is 0.452 e. The fourth-order valence-corrected chi connectivity index (χ4v) is 8.60. The Morgan fingerprint density at radius 3 is 1.40 bits per heavy atom. The van der Waals surface area contributed by atoms with Gasteiger partial charge in [0.25, 0.3) is 0 Å². The lowest BCUT2D eigenvalue weighted by molar-refractivity contribution is 0.603. The van der Waals surface area contributed by atoms with Gasteiger partial charge in [0.05, 0.1) is 0 Å². The maximum Gasteiger partial charge on any atom is 0.227 e. The molecule has 0 aliphatic carbocycles. The van der Waals surface area contributed by atoms with E-state index in [-0.39, 0.29) is 0 Å². The highest BCUT2D eigenvalue weighted by Gasteiger charge is 2.21. The van der Waals surface area contributed by atoms with Gasteiger partial charge in [0.2, 0.25) is 5.89 Å². The van der Waals surface area contributed by atoms with E-state index in [1.165, 1.54) is 5.39 Å². The highest BCUT2D eigenvalue weighted by atomic mass is 16.4. The molecule has 0 unspecified atom stereocenters. The molecule has 0 fully saturated rings. The minimum atomic E-state index is 0.567. The lowest BCUT2D eigenvalue weighted by Crippen LogP contribution is -2.00. The van der Waals surface area contributed by atoms with Gasteiger partial charge in [0.15, 0.2) is 28.6 Å². The molecule has 0 atom stereocenters. The molecular formula is C56H34N4O2. The second-order valence-electron chi connectivity index (χ2n) is 15.4. The van der Waals surface area contributed by atoms with Crippen LogP contribution < -0.4 is 0 Å². The number of benzene rings is 9. The average molecular weight is 795 g/mol. The summed E-state index contributed by atoms with van der Waals surface area (Å²) >= 11 is 0. The SMILES string of the molecule is c1ccc(-c2nc(-c3ccccc3)nc(-c3cccc(-c4ccc(-c5ccc(-c6cc7nc(-c8ccccc8)oc7c7oc8ccccc8c67)cc5)c5ccccc45)c3)n2)cc1. The third-order valence-corrected chi connectivity index (χ3v) is 11.6. The van der Waals surface area contributed by atoms with Gasteiger partial charge in [-0.1, -0.05) is 176 Å². The molecule has 12 rings (SSSR count). The molecule has 0 N–H and O–H groups in total. The summed E-state index contributed by atoms with van der Waals surface area (Å²) in [7, 11) is 0. The monoisotopic (exact) mass is 794 g/mol. The van der Waals surface area contributed by atoms with Crippen LogP contribution in [0.2, 0.25) is 0 Å². The number of rotatable bonds is 7. The van der Waals surface area contributed by atoms with Gasteiger partial charge in [-0.3, -0.25) is 0 Å². The zero-order valence-corrected chi connectivity index (χ0v) is 33.2. The first-order valence-electron chi connectivity index (χ1n) is 20.6. The Bertz CT molecular complexity index is 3560. The predicted molar refractivity (Wildman–Crippen MR) is 250 cm³/mol. The summed E-state index contributed by atoms with van der Waals surface area (Å²) in [5.41, 5.74) is 13.2. The van der Waals surface area contributed by atoms with Crippen molar-refractivity contribution >= 4 is 43.8 Å². The van der Waals surface area contributed by atoms with E-state index in [0.29, 0.717) is 34.5 Å². The molecule has 3 aromatic heterocycles. The van der Waals surface area contributed by atoms with E-state index in [4.69, 9.17) is 28.8 Å². The fourth-order valence-electron chi connectivity index (χ4n) is 8.60. The Morgan fingerprint density at radius 1 is 0.290 bits per heavy atom. The molecule has 62 heavy (non-hydrogen) atoms. The van der Waals surface area contributed by atoms with Crippen molar-refractivity contribution in [3.05, 3.63) is 206 Å². The van der Waals surface area contributed by atoms with Gasteiger partial charge in [0.1, 0.15) is 11.1 Å². The minimum absolute atomic E-state index is 0.567. The van der Waals surface area contributed by atoms with Crippen LogP contribution in [0, 0.1) is 0 Å². The summed E-state index contributed by atoms with van der Waals surface area (Å²) in [6.07, 6.45) is 0. The molecule has 0 saturated heterocycles. The summed E-state index contributed by atoms with van der Waals surface area (Å²) < 4.78 is 12.9. The maximum absolute atomic E-state index is 6.50. The molecule has 0 bridgehead atoms. The van der Waals surface area contributed by atoms with Crippen molar-refractivity contribution in [1.29, 1.82) is 0 Å². The molecule has 6 heteroatoms. The fraction of sp³-hybridized carbons (Fsp3) is 0. The third kappa shape index (κ3) is 6.13. The summed E-state index contributed by atoms with van der Waals surface area (Å²) in [5, 5.41) is 4.38. The molecule has 0 radical (unpaired) electrons. The number of hydrogen-bond donors (Lipinski definition) is 0. The quantitative estimate of drug-likeness (QED) is 0.160. The van der Waals surface area contributed by atoms with E-state index in [0.717, 1.165) is 82.9 Å². The molecule has 9 aromatic carbocycles. The van der Waals surface area contributed by atoms with Gasteiger partial charge in [-0.2, -0.15) is 0 Å². The first-order valence-corrected chi connectivity index (χ1v) is 20.6. The first kappa shape index (κ1) is 35.5. The Morgan fingerprint density at radius 2 is 0.774 bits per heavy atom. The van der Waals surface area contributed by atoms with Gasteiger partial charge >= 0.3 is 0 Å². The highest BCUT2D eigenvalue weighted by Crippen LogP contribution is 2.43. The van der Waals surface area contributed by atoms with E-state index < -0.39 is 0 Å². The van der Waals surface area contributed by atoms with Crippen molar-refractivity contribution < 1.29 is 8.83 Å². The molecule has 290 valence electrons. The number of furan rings is 1. The van der Waals surface area contributed by atoms with E-state index in [9.17, 15) is 0 Å². The minimum Gasteiger partial charge on any atom is -0.452 e. The van der Waals surface area contributed by atoms with Crippen LogP contribution in [0.25, 0.3) is 123 Å². The van der Waals surface area contributed by atoms with Crippen molar-refractivity contribution in [3.8, 4) is 79.0 Å². The van der Waals surface area contributed by atoms with Crippen LogP contribution in [0.5, 0.6) is 0 Å². The molecule has 3 heterocycles. The summed E-state index contributed by atoms with van der Waals surface area (Å²) in [6, 6.07) is 70.8. The summed E-state index contributed by atoms with van der Waals surface area (Å²) in [4.78, 5) is 19.8. The summed E-state index contributed by atoms with van der Waals surface area (Å²) in [6.45, 7) is 0. The number of para-hydroxylation sites is 1. The number of oxazole rings is 1. The lowest BCUT2D eigenvalue weighted by Gasteiger charge is -2.14. The molecule has 0 spiro atoms. The molecule has 0 saturated carbocycles. The molecular weight excluding hydrogens is 761 g/mol.